The SMILES string of the molecule is CC1=C(\C=C/C(C)=C\C=C\C(C)=C/C(=O)NCCCO)C(C)(C)CCC1. The molecule has 0 saturated carbocycles. The molecule has 1 aliphatic carbocycles. The summed E-state index contributed by atoms with van der Waals surface area (Å²) in [6.07, 6.45) is 16.3. The van der Waals surface area contributed by atoms with E-state index in [0.29, 0.717) is 13.0 Å². The van der Waals surface area contributed by atoms with Gasteiger partial charge in [0.15, 0.2) is 0 Å². The molecular weight excluding hydrogens is 322 g/mol. The number of aliphatic hydroxyl groups is 1. The van der Waals surface area contributed by atoms with Gasteiger partial charge in [-0.3, -0.25) is 4.79 Å². The van der Waals surface area contributed by atoms with Crippen molar-refractivity contribution in [3.63, 3.8) is 0 Å². The summed E-state index contributed by atoms with van der Waals surface area (Å²) >= 11 is 0. The molecule has 3 nitrogen and oxygen atoms in total. The van der Waals surface area contributed by atoms with Crippen LogP contribution in [0.3, 0.4) is 0 Å². The molecule has 0 atom stereocenters. The van der Waals surface area contributed by atoms with E-state index in [0.717, 1.165) is 5.57 Å². The van der Waals surface area contributed by atoms with E-state index in [-0.39, 0.29) is 17.9 Å². The third-order valence-electron chi connectivity index (χ3n) is 4.77. The summed E-state index contributed by atoms with van der Waals surface area (Å²) in [6, 6.07) is 0. The third kappa shape index (κ3) is 8.01. The fraction of sp³-hybridized carbons (Fsp3) is 0.522. The highest BCUT2D eigenvalue weighted by Crippen LogP contribution is 2.40. The van der Waals surface area contributed by atoms with Crippen molar-refractivity contribution in [1.82, 2.24) is 5.32 Å². The molecule has 1 rings (SSSR count). The Morgan fingerprint density at radius 1 is 1.23 bits per heavy atom. The summed E-state index contributed by atoms with van der Waals surface area (Å²) in [6.45, 7) is 11.5. The van der Waals surface area contributed by atoms with Crippen LogP contribution in [-0.4, -0.2) is 24.2 Å². The van der Waals surface area contributed by atoms with Crippen LogP contribution in [0.2, 0.25) is 0 Å². The number of hydrogen-bond acceptors (Lipinski definition) is 2. The predicted octanol–water partition coefficient (Wildman–Crippen LogP) is 5.02. The molecule has 2 N–H and O–H groups in total. The first-order valence-electron chi connectivity index (χ1n) is 9.56. The van der Waals surface area contributed by atoms with Gasteiger partial charge in [0.25, 0.3) is 0 Å². The highest BCUT2D eigenvalue weighted by Gasteiger charge is 2.26. The second-order valence-electron chi connectivity index (χ2n) is 7.79. The van der Waals surface area contributed by atoms with E-state index in [4.69, 9.17) is 5.11 Å². The van der Waals surface area contributed by atoms with Crippen molar-refractivity contribution >= 4 is 5.91 Å². The van der Waals surface area contributed by atoms with Crippen LogP contribution in [0, 0.1) is 5.41 Å². The van der Waals surface area contributed by atoms with E-state index < -0.39 is 0 Å². The lowest BCUT2D eigenvalue weighted by Gasteiger charge is -2.32. The molecule has 0 spiro atoms. The van der Waals surface area contributed by atoms with Gasteiger partial charge in [-0.2, -0.15) is 0 Å². The van der Waals surface area contributed by atoms with Gasteiger partial charge in [-0.15, -0.1) is 0 Å². The maximum Gasteiger partial charge on any atom is 0.244 e. The Labute approximate surface area is 159 Å². The lowest BCUT2D eigenvalue weighted by Crippen LogP contribution is -2.23. The number of allylic oxidation sites excluding steroid dienone is 9. The van der Waals surface area contributed by atoms with Crippen molar-refractivity contribution in [2.45, 2.75) is 60.3 Å². The van der Waals surface area contributed by atoms with Crippen LogP contribution in [0.5, 0.6) is 0 Å². The Morgan fingerprint density at radius 2 is 1.96 bits per heavy atom. The van der Waals surface area contributed by atoms with Gasteiger partial charge in [0.1, 0.15) is 0 Å². The van der Waals surface area contributed by atoms with Gasteiger partial charge >= 0.3 is 0 Å². The van der Waals surface area contributed by atoms with Gasteiger partial charge in [-0.05, 0) is 63.0 Å². The van der Waals surface area contributed by atoms with Crippen LogP contribution in [-0.2, 0) is 4.79 Å². The van der Waals surface area contributed by atoms with Crippen LogP contribution in [0.25, 0.3) is 0 Å². The molecule has 0 radical (unpaired) electrons. The molecule has 3 heteroatoms. The molecule has 0 aromatic heterocycles. The third-order valence-corrected chi connectivity index (χ3v) is 4.77. The van der Waals surface area contributed by atoms with E-state index in [1.54, 1.807) is 6.08 Å². The summed E-state index contributed by atoms with van der Waals surface area (Å²) in [7, 11) is 0. The minimum Gasteiger partial charge on any atom is -0.396 e. The number of hydrogen-bond donors (Lipinski definition) is 2. The van der Waals surface area contributed by atoms with Gasteiger partial charge < -0.3 is 10.4 Å². The van der Waals surface area contributed by atoms with Gasteiger partial charge in [0, 0.05) is 19.2 Å². The summed E-state index contributed by atoms with van der Waals surface area (Å²) < 4.78 is 0. The Hall–Kier alpha value is -1.87. The van der Waals surface area contributed by atoms with Crippen molar-refractivity contribution in [2.75, 3.05) is 13.2 Å². The number of carbonyl (C=O) groups is 1. The Kier molecular flexibility index (Phi) is 9.36. The Bertz CT molecular complexity index is 631. The maximum absolute atomic E-state index is 11.7. The van der Waals surface area contributed by atoms with Crippen molar-refractivity contribution < 1.29 is 9.90 Å². The molecule has 0 saturated heterocycles. The van der Waals surface area contributed by atoms with Gasteiger partial charge in [0.05, 0.1) is 0 Å². The predicted molar refractivity (Wildman–Crippen MR) is 111 cm³/mol. The molecule has 0 bridgehead atoms. The zero-order valence-corrected chi connectivity index (χ0v) is 17.1. The average molecular weight is 358 g/mol. The monoisotopic (exact) mass is 357 g/mol. The van der Waals surface area contributed by atoms with Crippen molar-refractivity contribution in [3.05, 3.63) is 58.7 Å². The average Bonchev–Trinajstić information content (AvgIpc) is 2.54. The smallest absolute Gasteiger partial charge is 0.244 e. The first-order valence-corrected chi connectivity index (χ1v) is 9.56. The lowest BCUT2D eigenvalue weighted by molar-refractivity contribution is -0.116. The highest BCUT2D eigenvalue weighted by molar-refractivity contribution is 5.88. The second-order valence-corrected chi connectivity index (χ2v) is 7.79. The fourth-order valence-corrected chi connectivity index (χ4v) is 3.23. The number of aliphatic hydroxyl groups excluding tert-OH is 1. The molecular formula is C23H35NO2. The normalized spacial score (nSPS) is 18.8. The molecule has 1 aliphatic rings. The van der Waals surface area contributed by atoms with Crippen LogP contribution in [0.1, 0.15) is 60.3 Å². The molecule has 0 fully saturated rings. The standard InChI is InChI=1S/C23H35NO2/c1-18(12-13-21-20(3)11-7-14-23(21,4)5)9-6-10-19(2)17-22(26)24-15-8-16-25/h6,9-10,12-13,17,25H,7-8,11,14-16H2,1-5H3,(H,24,26)/b10-6+,13-12-,18-9-,19-17-. The molecule has 0 heterocycles. The van der Waals surface area contributed by atoms with Crippen molar-refractivity contribution in [1.29, 1.82) is 0 Å². The van der Waals surface area contributed by atoms with E-state index in [2.05, 4.69) is 51.2 Å². The van der Waals surface area contributed by atoms with Crippen molar-refractivity contribution in [3.8, 4) is 0 Å². The Balaban J connectivity index is 2.64. The molecule has 0 aliphatic heterocycles. The number of nitrogens with one attached hydrogen (secondary N) is 1. The quantitative estimate of drug-likeness (QED) is 0.364. The molecule has 0 unspecified atom stereocenters. The molecule has 0 aromatic carbocycles. The minimum absolute atomic E-state index is 0.0913. The maximum atomic E-state index is 11.7. The zero-order valence-electron chi connectivity index (χ0n) is 17.1. The Morgan fingerprint density at radius 3 is 2.62 bits per heavy atom. The number of amides is 1. The van der Waals surface area contributed by atoms with E-state index >= 15 is 0 Å². The number of rotatable bonds is 8. The second kappa shape index (κ2) is 11.0. The van der Waals surface area contributed by atoms with Gasteiger partial charge in [-0.25, -0.2) is 0 Å². The lowest BCUT2D eigenvalue weighted by atomic mass is 9.72. The number of carbonyl (C=O) groups excluding carboxylic acids is 1. The van der Waals surface area contributed by atoms with Crippen LogP contribution >= 0.6 is 0 Å². The van der Waals surface area contributed by atoms with Crippen molar-refractivity contribution in [2.24, 2.45) is 5.41 Å². The van der Waals surface area contributed by atoms with E-state index in [1.807, 2.05) is 19.1 Å². The molecule has 0 aromatic rings. The first kappa shape index (κ1) is 22.2. The molecule has 26 heavy (non-hydrogen) atoms. The van der Waals surface area contributed by atoms with Crippen LogP contribution in [0.4, 0.5) is 0 Å². The van der Waals surface area contributed by atoms with Crippen LogP contribution in [0.15, 0.2) is 58.7 Å². The minimum atomic E-state index is -0.122. The molecule has 1 amide bonds. The van der Waals surface area contributed by atoms with E-state index in [9.17, 15) is 4.79 Å². The summed E-state index contributed by atoms with van der Waals surface area (Å²) in [4.78, 5) is 11.7. The molecule has 144 valence electrons. The van der Waals surface area contributed by atoms with Gasteiger partial charge in [-0.1, -0.05) is 55.4 Å². The fourth-order valence-electron chi connectivity index (χ4n) is 3.23. The summed E-state index contributed by atoms with van der Waals surface area (Å²) in [5.74, 6) is -0.122. The topological polar surface area (TPSA) is 49.3 Å². The largest absolute Gasteiger partial charge is 0.396 e. The van der Waals surface area contributed by atoms with Gasteiger partial charge in [0.2, 0.25) is 5.91 Å². The highest BCUT2D eigenvalue weighted by atomic mass is 16.3. The zero-order chi connectivity index (χ0) is 19.6. The van der Waals surface area contributed by atoms with E-state index in [1.165, 1.54) is 36.0 Å². The first-order chi connectivity index (χ1) is 12.3. The summed E-state index contributed by atoms with van der Waals surface area (Å²) in [5, 5.41) is 11.4. The van der Waals surface area contributed by atoms with Crippen LogP contribution < -0.4 is 5.32 Å². The summed E-state index contributed by atoms with van der Waals surface area (Å²) in [5.41, 5.74) is 5.31.